The van der Waals surface area contributed by atoms with Crippen molar-refractivity contribution in [2.75, 3.05) is 0 Å². The van der Waals surface area contributed by atoms with Crippen LogP contribution in [0.5, 0.6) is 0 Å². The first kappa shape index (κ1) is 14.0. The van der Waals surface area contributed by atoms with Gasteiger partial charge in [-0.3, -0.25) is 11.3 Å². The van der Waals surface area contributed by atoms with Gasteiger partial charge in [0.15, 0.2) is 0 Å². The van der Waals surface area contributed by atoms with Gasteiger partial charge in [0.2, 0.25) is 0 Å². The molecule has 1 unspecified atom stereocenters. The minimum Gasteiger partial charge on any atom is -0.271 e. The fraction of sp³-hybridized carbons (Fsp3) is 0.118. The maximum Gasteiger partial charge on any atom is 0.129 e. The van der Waals surface area contributed by atoms with Crippen LogP contribution in [0.15, 0.2) is 60.8 Å². The van der Waals surface area contributed by atoms with Crippen LogP contribution in [-0.4, -0.2) is 4.98 Å². The molecule has 0 amide bonds. The predicted octanol–water partition coefficient (Wildman–Crippen LogP) is 3.64. The third-order valence-corrected chi connectivity index (χ3v) is 3.88. The standard InChI is InChI=1S/C17H16ClN3/c18-17-9-8-14(11-20-17)16(21-19)10-13-6-3-5-12-4-1-2-7-15(12)13/h1-9,11,16,21H,10,19H2. The molecule has 3 aromatic rings. The number of nitrogens with two attached hydrogens (primary N) is 1. The summed E-state index contributed by atoms with van der Waals surface area (Å²) >= 11 is 5.84. The van der Waals surface area contributed by atoms with Crippen LogP contribution in [0.3, 0.4) is 0 Å². The van der Waals surface area contributed by atoms with Crippen LogP contribution in [0.2, 0.25) is 5.15 Å². The molecule has 0 aliphatic rings. The van der Waals surface area contributed by atoms with Crippen molar-refractivity contribution < 1.29 is 0 Å². The molecule has 4 heteroatoms. The SMILES string of the molecule is NNC(Cc1cccc2ccccc12)c1ccc(Cl)nc1. The number of hydrogen-bond acceptors (Lipinski definition) is 3. The Kier molecular flexibility index (Phi) is 4.15. The molecule has 3 nitrogen and oxygen atoms in total. The van der Waals surface area contributed by atoms with E-state index in [-0.39, 0.29) is 6.04 Å². The Hall–Kier alpha value is -1.94. The third-order valence-electron chi connectivity index (χ3n) is 3.66. The van der Waals surface area contributed by atoms with Crippen LogP contribution in [0, 0.1) is 0 Å². The first-order valence-corrected chi connectivity index (χ1v) is 7.20. The minimum absolute atomic E-state index is 0.000530. The zero-order valence-electron chi connectivity index (χ0n) is 11.5. The lowest BCUT2D eigenvalue weighted by Crippen LogP contribution is -2.29. The molecule has 0 aliphatic heterocycles. The summed E-state index contributed by atoms with van der Waals surface area (Å²) in [6, 6.07) is 18.4. The van der Waals surface area contributed by atoms with Gasteiger partial charge in [-0.25, -0.2) is 4.98 Å². The van der Waals surface area contributed by atoms with Crippen LogP contribution in [0.25, 0.3) is 10.8 Å². The van der Waals surface area contributed by atoms with Crippen LogP contribution in [-0.2, 0) is 6.42 Å². The molecule has 3 N–H and O–H groups in total. The van der Waals surface area contributed by atoms with Gasteiger partial charge in [-0.15, -0.1) is 0 Å². The van der Waals surface area contributed by atoms with Gasteiger partial charge in [0, 0.05) is 6.20 Å². The number of aromatic nitrogens is 1. The molecule has 0 aliphatic carbocycles. The molecule has 0 saturated heterocycles. The van der Waals surface area contributed by atoms with Crippen molar-refractivity contribution in [3.8, 4) is 0 Å². The predicted molar refractivity (Wildman–Crippen MR) is 87.0 cm³/mol. The normalized spacial score (nSPS) is 12.5. The summed E-state index contributed by atoms with van der Waals surface area (Å²) in [6.07, 6.45) is 2.55. The van der Waals surface area contributed by atoms with Crippen molar-refractivity contribution in [1.29, 1.82) is 0 Å². The van der Waals surface area contributed by atoms with E-state index in [0.717, 1.165) is 12.0 Å². The van der Waals surface area contributed by atoms with Crippen molar-refractivity contribution >= 4 is 22.4 Å². The molecule has 106 valence electrons. The molecule has 21 heavy (non-hydrogen) atoms. The van der Waals surface area contributed by atoms with E-state index in [4.69, 9.17) is 17.4 Å². The van der Waals surface area contributed by atoms with E-state index < -0.39 is 0 Å². The van der Waals surface area contributed by atoms with Gasteiger partial charge in [-0.2, -0.15) is 0 Å². The summed E-state index contributed by atoms with van der Waals surface area (Å²) in [5.74, 6) is 5.72. The van der Waals surface area contributed by atoms with Crippen LogP contribution < -0.4 is 11.3 Å². The second-order valence-corrected chi connectivity index (χ2v) is 5.36. The second-order valence-electron chi connectivity index (χ2n) is 4.98. The van der Waals surface area contributed by atoms with Crippen LogP contribution >= 0.6 is 11.6 Å². The Morgan fingerprint density at radius 1 is 1.05 bits per heavy atom. The van der Waals surface area contributed by atoms with Gasteiger partial charge in [-0.1, -0.05) is 60.1 Å². The van der Waals surface area contributed by atoms with Gasteiger partial charge in [-0.05, 0) is 34.4 Å². The fourth-order valence-electron chi connectivity index (χ4n) is 2.56. The van der Waals surface area contributed by atoms with E-state index in [1.54, 1.807) is 12.3 Å². The van der Waals surface area contributed by atoms with Gasteiger partial charge in [0.25, 0.3) is 0 Å². The van der Waals surface area contributed by atoms with Crippen molar-refractivity contribution in [3.63, 3.8) is 0 Å². The molecule has 0 bridgehead atoms. The summed E-state index contributed by atoms with van der Waals surface area (Å²) < 4.78 is 0. The largest absolute Gasteiger partial charge is 0.271 e. The Morgan fingerprint density at radius 2 is 1.86 bits per heavy atom. The van der Waals surface area contributed by atoms with E-state index >= 15 is 0 Å². The number of nitrogens with zero attached hydrogens (tertiary/aromatic N) is 1. The molecule has 2 aromatic carbocycles. The van der Waals surface area contributed by atoms with Gasteiger partial charge >= 0.3 is 0 Å². The molecule has 1 heterocycles. The number of pyridine rings is 1. The van der Waals surface area contributed by atoms with E-state index in [0.29, 0.717) is 5.15 Å². The topological polar surface area (TPSA) is 50.9 Å². The average molecular weight is 298 g/mol. The molecule has 3 rings (SSSR count). The first-order valence-electron chi connectivity index (χ1n) is 6.82. The zero-order valence-corrected chi connectivity index (χ0v) is 12.2. The minimum atomic E-state index is 0.000530. The van der Waals surface area contributed by atoms with Crippen molar-refractivity contribution in [1.82, 2.24) is 10.4 Å². The van der Waals surface area contributed by atoms with Crippen LogP contribution in [0.4, 0.5) is 0 Å². The second kappa shape index (κ2) is 6.22. The Morgan fingerprint density at radius 3 is 2.62 bits per heavy atom. The average Bonchev–Trinajstić information content (AvgIpc) is 2.54. The molecule has 1 atom stereocenters. The fourth-order valence-corrected chi connectivity index (χ4v) is 2.67. The molecular weight excluding hydrogens is 282 g/mol. The first-order chi connectivity index (χ1) is 10.3. The number of hydrazine groups is 1. The van der Waals surface area contributed by atoms with Gasteiger partial charge < -0.3 is 0 Å². The Bertz CT molecular complexity index is 735. The molecule has 0 radical (unpaired) electrons. The number of fused-ring (bicyclic) bond motifs is 1. The van der Waals surface area contributed by atoms with E-state index in [9.17, 15) is 0 Å². The number of halogens is 1. The zero-order chi connectivity index (χ0) is 14.7. The summed E-state index contributed by atoms with van der Waals surface area (Å²) in [5.41, 5.74) is 5.15. The molecular formula is C17H16ClN3. The molecule has 0 saturated carbocycles. The monoisotopic (exact) mass is 297 g/mol. The summed E-state index contributed by atoms with van der Waals surface area (Å²) in [7, 11) is 0. The lowest BCUT2D eigenvalue weighted by Gasteiger charge is -2.17. The van der Waals surface area contributed by atoms with E-state index in [1.165, 1.54) is 16.3 Å². The lowest BCUT2D eigenvalue weighted by atomic mass is 9.96. The number of rotatable bonds is 4. The van der Waals surface area contributed by atoms with Crippen molar-refractivity contribution in [2.45, 2.75) is 12.5 Å². The van der Waals surface area contributed by atoms with Crippen LogP contribution in [0.1, 0.15) is 17.2 Å². The Labute approximate surface area is 128 Å². The highest BCUT2D eigenvalue weighted by Crippen LogP contribution is 2.24. The summed E-state index contributed by atoms with van der Waals surface area (Å²) in [6.45, 7) is 0. The van der Waals surface area contributed by atoms with E-state index in [2.05, 4.69) is 46.8 Å². The number of nitrogens with one attached hydrogen (secondary N) is 1. The summed E-state index contributed by atoms with van der Waals surface area (Å²) in [4.78, 5) is 4.12. The Balaban J connectivity index is 1.94. The third kappa shape index (κ3) is 3.05. The van der Waals surface area contributed by atoms with Gasteiger partial charge in [0.05, 0.1) is 6.04 Å². The maximum absolute atomic E-state index is 5.84. The summed E-state index contributed by atoms with van der Waals surface area (Å²) in [5, 5.41) is 2.97. The maximum atomic E-state index is 5.84. The molecule has 0 spiro atoms. The highest BCUT2D eigenvalue weighted by molar-refractivity contribution is 6.29. The number of hydrogen-bond donors (Lipinski definition) is 2. The smallest absolute Gasteiger partial charge is 0.129 e. The quantitative estimate of drug-likeness (QED) is 0.439. The highest BCUT2D eigenvalue weighted by atomic mass is 35.5. The van der Waals surface area contributed by atoms with Gasteiger partial charge in [0.1, 0.15) is 5.15 Å². The number of benzene rings is 2. The highest BCUT2D eigenvalue weighted by Gasteiger charge is 2.12. The lowest BCUT2D eigenvalue weighted by molar-refractivity contribution is 0.552. The van der Waals surface area contributed by atoms with E-state index in [1.807, 2.05) is 12.1 Å². The molecule has 1 aromatic heterocycles. The van der Waals surface area contributed by atoms with Crippen molar-refractivity contribution in [2.24, 2.45) is 5.84 Å². The molecule has 0 fully saturated rings. The van der Waals surface area contributed by atoms with Crippen molar-refractivity contribution in [3.05, 3.63) is 77.1 Å².